The molecule has 178 valence electrons. The first-order chi connectivity index (χ1) is 16.5. The maximum absolute atomic E-state index is 13.6. The number of amides is 1. The molecule has 1 amide bonds. The van der Waals surface area contributed by atoms with Gasteiger partial charge in [-0.05, 0) is 68.9 Å². The van der Waals surface area contributed by atoms with Crippen molar-refractivity contribution in [1.82, 2.24) is 4.98 Å². The van der Waals surface area contributed by atoms with Crippen LogP contribution < -0.4 is 15.1 Å². The first kappa shape index (κ1) is 22.6. The van der Waals surface area contributed by atoms with Crippen LogP contribution in [0, 0.1) is 18.7 Å². The first-order valence-corrected chi connectivity index (χ1v) is 11.9. The largest absolute Gasteiger partial charge is 0.487 e. The van der Waals surface area contributed by atoms with Crippen LogP contribution in [-0.4, -0.2) is 30.6 Å². The van der Waals surface area contributed by atoms with E-state index in [1.54, 1.807) is 13.0 Å². The summed E-state index contributed by atoms with van der Waals surface area (Å²) >= 11 is 0. The molecule has 34 heavy (non-hydrogen) atoms. The molecule has 3 heterocycles. The summed E-state index contributed by atoms with van der Waals surface area (Å²) in [6.07, 6.45) is 4.13. The van der Waals surface area contributed by atoms with Gasteiger partial charge in [-0.3, -0.25) is 9.59 Å². The van der Waals surface area contributed by atoms with Gasteiger partial charge in [0.05, 0.1) is 11.4 Å². The Morgan fingerprint density at radius 2 is 2.06 bits per heavy atom. The fourth-order valence-electron chi connectivity index (χ4n) is 5.00. The van der Waals surface area contributed by atoms with Crippen LogP contribution >= 0.6 is 0 Å². The van der Waals surface area contributed by atoms with Crippen molar-refractivity contribution in [3.05, 3.63) is 69.3 Å². The SMILES string of the molecule is Cc1c(COc2cccc3c2CCCN3C(=O)CC2CCOCC2)[nH]c2ccc(F)cc2c1=O. The molecule has 3 aromatic rings. The number of halogens is 1. The molecule has 1 aromatic heterocycles. The monoisotopic (exact) mass is 464 g/mol. The number of benzene rings is 2. The zero-order chi connectivity index (χ0) is 23.7. The number of carbonyl (C=O) groups excluding carboxylic acids is 1. The molecule has 1 fully saturated rings. The highest BCUT2D eigenvalue weighted by molar-refractivity contribution is 5.95. The summed E-state index contributed by atoms with van der Waals surface area (Å²) in [5.74, 6) is 0.827. The van der Waals surface area contributed by atoms with Gasteiger partial charge in [-0.2, -0.15) is 0 Å². The zero-order valence-corrected chi connectivity index (χ0v) is 19.4. The third-order valence-corrected chi connectivity index (χ3v) is 6.99. The molecule has 5 rings (SSSR count). The molecule has 0 bridgehead atoms. The van der Waals surface area contributed by atoms with Crippen molar-refractivity contribution in [2.24, 2.45) is 5.92 Å². The second-order valence-corrected chi connectivity index (χ2v) is 9.20. The summed E-state index contributed by atoms with van der Waals surface area (Å²) in [6, 6.07) is 9.97. The fraction of sp³-hybridized carbons (Fsp3) is 0.407. The van der Waals surface area contributed by atoms with Gasteiger partial charge >= 0.3 is 0 Å². The quantitative estimate of drug-likeness (QED) is 0.597. The van der Waals surface area contributed by atoms with Crippen LogP contribution in [0.3, 0.4) is 0 Å². The van der Waals surface area contributed by atoms with E-state index in [0.717, 1.165) is 55.9 Å². The topological polar surface area (TPSA) is 71.6 Å². The molecule has 2 aromatic carbocycles. The molecule has 6 nitrogen and oxygen atoms in total. The Morgan fingerprint density at radius 3 is 2.88 bits per heavy atom. The van der Waals surface area contributed by atoms with Crippen molar-refractivity contribution >= 4 is 22.5 Å². The Kier molecular flexibility index (Phi) is 6.37. The Labute approximate surface area is 197 Å². The predicted octanol–water partition coefficient (Wildman–Crippen LogP) is 4.65. The molecule has 0 atom stereocenters. The van der Waals surface area contributed by atoms with Crippen LogP contribution in [-0.2, 0) is 22.6 Å². The number of rotatable bonds is 5. The molecule has 1 N–H and O–H groups in total. The number of ether oxygens (including phenoxy) is 2. The number of H-pyrrole nitrogens is 1. The van der Waals surface area contributed by atoms with Crippen molar-refractivity contribution < 1.29 is 18.7 Å². The molecular weight excluding hydrogens is 435 g/mol. The van der Waals surface area contributed by atoms with E-state index in [1.165, 1.54) is 12.1 Å². The first-order valence-electron chi connectivity index (χ1n) is 11.9. The van der Waals surface area contributed by atoms with Gasteiger partial charge in [0.2, 0.25) is 5.91 Å². The number of hydrogen-bond donors (Lipinski definition) is 1. The van der Waals surface area contributed by atoms with Crippen LogP contribution in [0.25, 0.3) is 10.9 Å². The molecule has 7 heteroatoms. The van der Waals surface area contributed by atoms with Crippen molar-refractivity contribution in [3.63, 3.8) is 0 Å². The average molecular weight is 465 g/mol. The van der Waals surface area contributed by atoms with E-state index in [1.807, 2.05) is 23.1 Å². The number of aromatic nitrogens is 1. The van der Waals surface area contributed by atoms with Crippen molar-refractivity contribution in [2.75, 3.05) is 24.7 Å². The molecule has 0 saturated carbocycles. The molecule has 2 aliphatic heterocycles. The number of nitrogens with zero attached hydrogens (tertiary/aromatic N) is 1. The predicted molar refractivity (Wildman–Crippen MR) is 129 cm³/mol. The van der Waals surface area contributed by atoms with Gasteiger partial charge in [-0.1, -0.05) is 6.07 Å². The van der Waals surface area contributed by atoms with Crippen LogP contribution in [0.15, 0.2) is 41.2 Å². The lowest BCUT2D eigenvalue weighted by molar-refractivity contribution is -0.120. The summed E-state index contributed by atoms with van der Waals surface area (Å²) < 4.78 is 25.2. The summed E-state index contributed by atoms with van der Waals surface area (Å²) in [6.45, 7) is 4.08. The molecule has 1 saturated heterocycles. The number of carbonyl (C=O) groups is 1. The van der Waals surface area contributed by atoms with Crippen LogP contribution in [0.1, 0.15) is 42.5 Å². The van der Waals surface area contributed by atoms with Gasteiger partial charge in [-0.15, -0.1) is 0 Å². The van der Waals surface area contributed by atoms with Crippen molar-refractivity contribution in [1.29, 1.82) is 0 Å². The van der Waals surface area contributed by atoms with Crippen molar-refractivity contribution in [3.8, 4) is 5.75 Å². The van der Waals surface area contributed by atoms with E-state index < -0.39 is 5.82 Å². The number of pyridine rings is 1. The summed E-state index contributed by atoms with van der Waals surface area (Å²) in [5.41, 5.74) is 3.49. The Balaban J connectivity index is 1.36. The number of anilines is 1. The van der Waals surface area contributed by atoms with E-state index in [9.17, 15) is 14.0 Å². The van der Waals surface area contributed by atoms with E-state index in [4.69, 9.17) is 9.47 Å². The highest BCUT2D eigenvalue weighted by atomic mass is 19.1. The second kappa shape index (κ2) is 9.58. The lowest BCUT2D eigenvalue weighted by atomic mass is 9.94. The van der Waals surface area contributed by atoms with Gasteiger partial charge in [0.15, 0.2) is 5.43 Å². The third kappa shape index (κ3) is 4.44. The number of fused-ring (bicyclic) bond motifs is 2. The van der Waals surface area contributed by atoms with E-state index in [2.05, 4.69) is 4.98 Å². The smallest absolute Gasteiger partial charge is 0.227 e. The zero-order valence-electron chi connectivity index (χ0n) is 19.4. The molecular formula is C27H29FN2O4. The average Bonchev–Trinajstić information content (AvgIpc) is 2.86. The minimum atomic E-state index is -0.437. The summed E-state index contributed by atoms with van der Waals surface area (Å²) in [7, 11) is 0. The lowest BCUT2D eigenvalue weighted by Crippen LogP contribution is -2.37. The van der Waals surface area contributed by atoms with E-state index >= 15 is 0 Å². The highest BCUT2D eigenvalue weighted by Gasteiger charge is 2.27. The maximum Gasteiger partial charge on any atom is 0.227 e. The maximum atomic E-state index is 13.6. The number of nitrogens with one attached hydrogen (secondary N) is 1. The van der Waals surface area contributed by atoms with Crippen LogP contribution in [0.2, 0.25) is 0 Å². The lowest BCUT2D eigenvalue weighted by Gasteiger charge is -2.32. The molecule has 0 unspecified atom stereocenters. The molecule has 2 aliphatic rings. The second-order valence-electron chi connectivity index (χ2n) is 9.20. The standard InChI is InChI=1S/C27H29FN2O4/c1-17-23(29-22-8-7-19(28)15-21(22)27(17)32)16-34-25-6-2-5-24-20(25)4-3-11-30(24)26(31)14-18-9-12-33-13-10-18/h2,5-8,15,18H,3-4,9-14,16H2,1H3,(H,29,32). The van der Waals surface area contributed by atoms with E-state index in [-0.39, 0.29) is 17.9 Å². The third-order valence-electron chi connectivity index (χ3n) is 6.99. The highest BCUT2D eigenvalue weighted by Crippen LogP contribution is 2.35. The van der Waals surface area contributed by atoms with Gasteiger partial charge in [0, 0.05) is 48.2 Å². The normalized spacial score (nSPS) is 16.5. The van der Waals surface area contributed by atoms with Gasteiger partial charge in [0.25, 0.3) is 0 Å². The molecule has 0 spiro atoms. The molecule has 0 radical (unpaired) electrons. The number of aromatic amines is 1. The number of hydrogen-bond acceptors (Lipinski definition) is 4. The minimum Gasteiger partial charge on any atom is -0.487 e. The Bertz CT molecular complexity index is 1280. The molecule has 0 aliphatic carbocycles. The van der Waals surface area contributed by atoms with Crippen molar-refractivity contribution in [2.45, 2.75) is 45.6 Å². The summed E-state index contributed by atoms with van der Waals surface area (Å²) in [4.78, 5) is 31.0. The Morgan fingerprint density at radius 1 is 1.24 bits per heavy atom. The van der Waals surface area contributed by atoms with Gasteiger partial charge in [-0.25, -0.2) is 4.39 Å². The van der Waals surface area contributed by atoms with Gasteiger partial charge < -0.3 is 19.4 Å². The van der Waals surface area contributed by atoms with E-state index in [0.29, 0.717) is 41.0 Å². The minimum absolute atomic E-state index is 0.159. The van der Waals surface area contributed by atoms with Gasteiger partial charge in [0.1, 0.15) is 18.2 Å². The van der Waals surface area contributed by atoms with Crippen LogP contribution in [0.5, 0.6) is 5.75 Å². The summed E-state index contributed by atoms with van der Waals surface area (Å²) in [5, 5.41) is 0.331. The Hall–Kier alpha value is -3.19. The van der Waals surface area contributed by atoms with Crippen LogP contribution in [0.4, 0.5) is 10.1 Å². The fourth-order valence-corrected chi connectivity index (χ4v) is 5.00.